The average Bonchev–Trinajstić information content (AvgIpc) is 2.42. The lowest BCUT2D eigenvalue weighted by atomic mass is 10.0. The van der Waals surface area contributed by atoms with E-state index in [4.69, 9.17) is 4.55 Å². The first-order valence-corrected chi connectivity index (χ1v) is 8.69. The molecule has 0 fully saturated rings. The zero-order valence-corrected chi connectivity index (χ0v) is 14.4. The van der Waals surface area contributed by atoms with Gasteiger partial charge in [0.15, 0.2) is 5.71 Å². The highest BCUT2D eigenvalue weighted by Crippen LogP contribution is 2.25. The Bertz CT molecular complexity index is 805. The van der Waals surface area contributed by atoms with E-state index >= 15 is 0 Å². The summed E-state index contributed by atoms with van der Waals surface area (Å²) in [6, 6.07) is 2.44. The Labute approximate surface area is 139 Å². The molecular weight excluding hydrogens is 338 g/mol. The predicted octanol–water partition coefficient (Wildman–Crippen LogP) is 1.79. The summed E-state index contributed by atoms with van der Waals surface area (Å²) < 4.78 is 32.2. The number of carboxylic acids is 2. The van der Waals surface area contributed by atoms with E-state index in [-0.39, 0.29) is 24.1 Å². The molecule has 0 aromatic heterocycles. The lowest BCUT2D eigenvalue weighted by molar-refractivity contribution is -0.442. The molecule has 8 nitrogen and oxygen atoms in total. The van der Waals surface area contributed by atoms with Crippen LogP contribution in [0.3, 0.4) is 0 Å². The van der Waals surface area contributed by atoms with Gasteiger partial charge in [-0.15, -0.1) is 0 Å². The van der Waals surface area contributed by atoms with Gasteiger partial charge in [0.05, 0.1) is 16.9 Å². The Balaban J connectivity index is 3.41. The van der Waals surface area contributed by atoms with Crippen molar-refractivity contribution in [3.05, 3.63) is 28.8 Å². The van der Waals surface area contributed by atoms with Crippen LogP contribution in [-0.4, -0.2) is 57.7 Å². The molecule has 9 heteroatoms. The van der Waals surface area contributed by atoms with E-state index < -0.39 is 27.8 Å². The van der Waals surface area contributed by atoms with Gasteiger partial charge in [-0.2, -0.15) is 8.42 Å². The van der Waals surface area contributed by atoms with E-state index in [1.54, 1.807) is 25.3 Å². The van der Waals surface area contributed by atoms with Crippen molar-refractivity contribution in [3.8, 4) is 0 Å². The highest BCUT2D eigenvalue weighted by molar-refractivity contribution is 7.85. The molecule has 3 N–H and O–H groups in total. The van der Waals surface area contributed by atoms with Gasteiger partial charge in [0, 0.05) is 31.9 Å². The lowest BCUT2D eigenvalue weighted by Gasteiger charge is -2.11. The number of aromatic carboxylic acids is 2. The largest absolute Gasteiger partial charge is 0.478 e. The molecule has 1 aromatic carbocycles. The van der Waals surface area contributed by atoms with Gasteiger partial charge < -0.3 is 10.2 Å². The fourth-order valence-electron chi connectivity index (χ4n) is 2.31. The molecule has 0 unspecified atom stereocenters. The first-order valence-electron chi connectivity index (χ1n) is 7.08. The van der Waals surface area contributed by atoms with Gasteiger partial charge in [-0.25, -0.2) is 14.2 Å². The van der Waals surface area contributed by atoms with Gasteiger partial charge in [0.1, 0.15) is 6.54 Å². The molecule has 0 atom stereocenters. The van der Waals surface area contributed by atoms with Crippen LogP contribution in [0.5, 0.6) is 0 Å². The number of hydrogen-bond acceptors (Lipinski definition) is 4. The number of nitrogens with zero attached hydrogens (tertiary/aromatic N) is 1. The smallest absolute Gasteiger partial charge is 0.336 e. The van der Waals surface area contributed by atoms with Crippen LogP contribution in [0.1, 0.15) is 46.5 Å². The standard InChI is InChI=1S/C15H19NO7S/c1-9(2)16(5-4-6-24(21,22)23)13-8-11(14(17)18)7-12(10(13)3)15(19)20/h7-8H,4-6H2,1-3H3,(H2-,17,18,19,20,21,22,23)/p+1. The van der Waals surface area contributed by atoms with Gasteiger partial charge in [0.2, 0.25) is 5.69 Å². The molecule has 1 rings (SSSR count). The van der Waals surface area contributed by atoms with Crippen LogP contribution < -0.4 is 0 Å². The molecule has 24 heavy (non-hydrogen) atoms. The first-order chi connectivity index (χ1) is 10.9. The maximum atomic E-state index is 11.4. The minimum absolute atomic E-state index is 0.100. The van der Waals surface area contributed by atoms with Crippen LogP contribution in [0.2, 0.25) is 0 Å². The predicted molar refractivity (Wildman–Crippen MR) is 87.3 cm³/mol. The molecule has 132 valence electrons. The Morgan fingerprint density at radius 3 is 2.12 bits per heavy atom. The van der Waals surface area contributed by atoms with Gasteiger partial charge in [0.25, 0.3) is 10.1 Å². The minimum atomic E-state index is -4.11. The number of carbonyl (C=O) groups is 2. The number of hydrogen-bond donors (Lipinski definition) is 3. The molecule has 0 radical (unpaired) electrons. The monoisotopic (exact) mass is 358 g/mol. The molecule has 0 bridgehead atoms. The molecule has 0 saturated carbocycles. The zero-order valence-electron chi connectivity index (χ0n) is 13.6. The Hall–Kier alpha value is -2.26. The fourth-order valence-corrected chi connectivity index (χ4v) is 2.81. The summed E-state index contributed by atoms with van der Waals surface area (Å²) in [6.07, 6.45) is 0.100. The Kier molecular flexibility index (Phi) is 6.22. The Morgan fingerprint density at radius 2 is 1.71 bits per heavy atom. The van der Waals surface area contributed by atoms with Crippen LogP contribution in [-0.2, 0) is 10.1 Å². The van der Waals surface area contributed by atoms with Crippen molar-refractivity contribution in [3.63, 3.8) is 0 Å². The second-order valence-corrected chi connectivity index (χ2v) is 7.09. The molecular formula is C15H20NO7S+. The normalized spacial score (nSPS) is 11.2. The van der Waals surface area contributed by atoms with Crippen molar-refractivity contribution in [2.75, 3.05) is 12.3 Å². The molecule has 0 heterocycles. The zero-order chi connectivity index (χ0) is 18.7. The molecule has 1 aromatic rings. The summed E-state index contributed by atoms with van der Waals surface area (Å²) in [5.41, 5.74) is 1.18. The summed E-state index contributed by atoms with van der Waals surface area (Å²) in [5, 5.41) is 18.4. The molecule has 0 aliphatic rings. The SMILES string of the molecule is CC(C)=[N+](CCCS(=O)(=O)O)c1cc(C(=O)O)cc(C(=O)O)c1C. The van der Waals surface area contributed by atoms with Crippen LogP contribution in [0.15, 0.2) is 12.1 Å². The van der Waals surface area contributed by atoms with E-state index in [1.807, 2.05) is 0 Å². The van der Waals surface area contributed by atoms with Gasteiger partial charge >= 0.3 is 11.9 Å². The van der Waals surface area contributed by atoms with E-state index in [0.717, 1.165) is 11.8 Å². The molecule has 0 aliphatic heterocycles. The molecule has 0 saturated heterocycles. The van der Waals surface area contributed by atoms with Crippen molar-refractivity contribution in [1.82, 2.24) is 0 Å². The highest BCUT2D eigenvalue weighted by atomic mass is 32.2. The molecule has 0 aliphatic carbocycles. The van der Waals surface area contributed by atoms with E-state index in [0.29, 0.717) is 11.3 Å². The number of rotatable bonds is 7. The van der Waals surface area contributed by atoms with Crippen LogP contribution in [0.25, 0.3) is 0 Å². The third-order valence-electron chi connectivity index (χ3n) is 3.47. The lowest BCUT2D eigenvalue weighted by Crippen LogP contribution is -2.19. The van der Waals surface area contributed by atoms with E-state index in [2.05, 4.69) is 0 Å². The second kappa shape index (κ2) is 7.54. The quantitative estimate of drug-likeness (QED) is 0.384. The maximum absolute atomic E-state index is 11.4. The van der Waals surface area contributed by atoms with Crippen molar-refractivity contribution in [1.29, 1.82) is 0 Å². The van der Waals surface area contributed by atoms with Crippen LogP contribution >= 0.6 is 0 Å². The van der Waals surface area contributed by atoms with E-state index in [1.165, 1.54) is 6.07 Å². The topological polar surface area (TPSA) is 132 Å². The van der Waals surface area contributed by atoms with Crippen LogP contribution in [0.4, 0.5) is 5.69 Å². The van der Waals surface area contributed by atoms with Gasteiger partial charge in [-0.05, 0) is 13.0 Å². The third-order valence-corrected chi connectivity index (χ3v) is 4.28. The summed E-state index contributed by atoms with van der Waals surface area (Å²) in [5.74, 6) is -2.95. The van der Waals surface area contributed by atoms with Crippen molar-refractivity contribution >= 4 is 33.5 Å². The van der Waals surface area contributed by atoms with E-state index in [9.17, 15) is 28.2 Å². The third kappa shape index (κ3) is 5.14. The van der Waals surface area contributed by atoms with Gasteiger partial charge in [-0.1, -0.05) is 0 Å². The highest BCUT2D eigenvalue weighted by Gasteiger charge is 2.23. The van der Waals surface area contributed by atoms with Crippen molar-refractivity contribution in [2.24, 2.45) is 0 Å². The second-order valence-electron chi connectivity index (χ2n) is 5.52. The van der Waals surface area contributed by atoms with Crippen molar-refractivity contribution in [2.45, 2.75) is 27.2 Å². The first kappa shape index (κ1) is 19.8. The molecule has 0 spiro atoms. The summed E-state index contributed by atoms with van der Waals surface area (Å²) >= 11 is 0. The Morgan fingerprint density at radius 1 is 1.12 bits per heavy atom. The average molecular weight is 358 g/mol. The fraction of sp³-hybridized carbons (Fsp3) is 0.400. The minimum Gasteiger partial charge on any atom is -0.478 e. The summed E-state index contributed by atoms with van der Waals surface area (Å²) in [4.78, 5) is 22.6. The molecule has 0 amide bonds. The van der Waals surface area contributed by atoms with Gasteiger partial charge in [-0.3, -0.25) is 4.55 Å². The van der Waals surface area contributed by atoms with Crippen LogP contribution in [0, 0.1) is 6.92 Å². The van der Waals surface area contributed by atoms with Crippen molar-refractivity contribution < 1.29 is 37.3 Å². The number of benzene rings is 1. The summed E-state index contributed by atoms with van der Waals surface area (Å²) in [6.45, 7) is 5.22. The maximum Gasteiger partial charge on any atom is 0.336 e. The summed E-state index contributed by atoms with van der Waals surface area (Å²) in [7, 11) is -4.11. The number of carboxylic acid groups (broad SMARTS) is 2.